The monoisotopic (exact) mass is 326 g/mol. The second-order valence-corrected chi connectivity index (χ2v) is 4.34. The predicted molar refractivity (Wildman–Crippen MR) is 66.4 cm³/mol. The third kappa shape index (κ3) is 5.16. The van der Waals surface area contributed by atoms with Crippen LogP contribution in [0.15, 0.2) is 18.2 Å². The van der Waals surface area contributed by atoms with Crippen molar-refractivity contribution in [3.8, 4) is 11.5 Å². The van der Waals surface area contributed by atoms with Gasteiger partial charge in [-0.05, 0) is 31.4 Å². The molecule has 1 aromatic rings. The molecule has 1 aromatic carbocycles. The Labute approximate surface area is 112 Å². The molecule has 0 bridgehead atoms. The second kappa shape index (κ2) is 6.87. The van der Waals surface area contributed by atoms with Gasteiger partial charge in [-0.2, -0.15) is 0 Å². The van der Waals surface area contributed by atoms with Gasteiger partial charge in [-0.25, -0.2) is 0 Å². The molecule has 0 amide bonds. The first-order chi connectivity index (χ1) is 8.46. The molecule has 6 heteroatoms. The van der Waals surface area contributed by atoms with E-state index in [1.807, 2.05) is 0 Å². The van der Waals surface area contributed by atoms with E-state index in [4.69, 9.17) is 4.74 Å². The molecule has 0 radical (unpaired) electrons. The third-order valence-corrected chi connectivity index (χ3v) is 2.71. The molecule has 2 nitrogen and oxygen atoms in total. The molecular weight excluding hydrogens is 313 g/mol. The summed E-state index contributed by atoms with van der Waals surface area (Å²) in [4.78, 5) is 0. The lowest BCUT2D eigenvalue weighted by Gasteiger charge is -2.13. The van der Waals surface area contributed by atoms with Crippen LogP contribution in [0.1, 0.15) is 18.9 Å². The van der Waals surface area contributed by atoms with E-state index in [-0.39, 0.29) is 5.75 Å². The van der Waals surface area contributed by atoms with Crippen LogP contribution in [0.4, 0.5) is 13.2 Å². The Bertz CT molecular complexity index is 380. The van der Waals surface area contributed by atoms with E-state index in [9.17, 15) is 13.2 Å². The molecule has 0 heterocycles. The van der Waals surface area contributed by atoms with Gasteiger partial charge in [-0.3, -0.25) is 0 Å². The molecular formula is C12H14BrF3O2. The second-order valence-electron chi connectivity index (χ2n) is 3.54. The Hall–Kier alpha value is -0.910. The summed E-state index contributed by atoms with van der Waals surface area (Å²) in [5, 5.41) is 0.833. The Morgan fingerprint density at radius 1 is 1.28 bits per heavy atom. The van der Waals surface area contributed by atoms with Crippen LogP contribution < -0.4 is 9.47 Å². The van der Waals surface area contributed by atoms with Crippen molar-refractivity contribution in [1.82, 2.24) is 0 Å². The molecule has 0 fully saturated rings. The van der Waals surface area contributed by atoms with E-state index in [1.54, 1.807) is 13.0 Å². The van der Waals surface area contributed by atoms with Gasteiger partial charge in [0.05, 0.1) is 6.61 Å². The molecule has 102 valence electrons. The summed E-state index contributed by atoms with van der Waals surface area (Å²) in [5.74, 6) is 0.189. The highest BCUT2D eigenvalue weighted by Gasteiger charge is 2.31. The maximum atomic E-state index is 12.1. The summed E-state index contributed by atoms with van der Waals surface area (Å²) in [6.45, 7) is 2.18. The van der Waals surface area contributed by atoms with Crippen molar-refractivity contribution in [1.29, 1.82) is 0 Å². The summed E-state index contributed by atoms with van der Waals surface area (Å²) in [5.41, 5.74) is 0.880. The average molecular weight is 327 g/mol. The Morgan fingerprint density at radius 3 is 2.56 bits per heavy atom. The molecule has 0 aromatic heterocycles. The first kappa shape index (κ1) is 15.1. The minimum Gasteiger partial charge on any atom is -0.493 e. The fourth-order valence-corrected chi connectivity index (χ4v) is 1.77. The zero-order valence-electron chi connectivity index (χ0n) is 9.89. The first-order valence-electron chi connectivity index (χ1n) is 5.53. The number of ether oxygens (including phenoxy) is 2. The zero-order chi connectivity index (χ0) is 13.6. The molecule has 0 aliphatic heterocycles. The summed E-state index contributed by atoms with van der Waals surface area (Å²) in [7, 11) is 0. The molecule has 1 rings (SSSR count). The molecule has 0 saturated heterocycles. The summed E-state index contributed by atoms with van der Waals surface area (Å²) >= 11 is 3.31. The number of benzene rings is 1. The lowest BCUT2D eigenvalue weighted by Crippen LogP contribution is -2.17. The number of rotatable bonds is 6. The highest BCUT2D eigenvalue weighted by Crippen LogP contribution is 2.30. The number of hydrogen-bond donors (Lipinski definition) is 0. The van der Waals surface area contributed by atoms with Gasteiger partial charge < -0.3 is 9.47 Å². The van der Waals surface area contributed by atoms with Crippen molar-refractivity contribution in [2.24, 2.45) is 0 Å². The van der Waals surface area contributed by atoms with Crippen LogP contribution in [0, 0.1) is 0 Å². The van der Waals surface area contributed by atoms with Crippen molar-refractivity contribution in [3.63, 3.8) is 0 Å². The van der Waals surface area contributed by atoms with Crippen LogP contribution in [0.25, 0.3) is 0 Å². The van der Waals surface area contributed by atoms with Crippen LogP contribution in [-0.4, -0.2) is 18.3 Å². The fourth-order valence-electron chi connectivity index (χ4n) is 1.49. The van der Waals surface area contributed by atoms with E-state index in [0.29, 0.717) is 12.4 Å². The molecule has 0 saturated carbocycles. The predicted octanol–water partition coefficient (Wildman–Crippen LogP) is 4.31. The van der Waals surface area contributed by atoms with Gasteiger partial charge >= 0.3 is 6.36 Å². The number of alkyl halides is 4. The van der Waals surface area contributed by atoms with Crippen LogP contribution in [0.5, 0.6) is 11.5 Å². The molecule has 18 heavy (non-hydrogen) atoms. The highest BCUT2D eigenvalue weighted by molar-refractivity contribution is 9.09. The van der Waals surface area contributed by atoms with Gasteiger partial charge in [0, 0.05) is 11.4 Å². The van der Waals surface area contributed by atoms with Gasteiger partial charge in [0.15, 0.2) is 0 Å². The molecule has 0 spiro atoms. The van der Waals surface area contributed by atoms with Crippen molar-refractivity contribution < 1.29 is 22.6 Å². The molecule has 0 N–H and O–H groups in total. The van der Waals surface area contributed by atoms with E-state index in [2.05, 4.69) is 20.7 Å². The van der Waals surface area contributed by atoms with E-state index in [1.165, 1.54) is 12.1 Å². The SMILES string of the molecule is CCOc1cc(OC(F)(F)F)ccc1CCCBr. The number of halogens is 4. The molecule has 0 aliphatic carbocycles. The molecule has 0 aliphatic rings. The van der Waals surface area contributed by atoms with E-state index < -0.39 is 6.36 Å². The largest absolute Gasteiger partial charge is 0.573 e. The minimum atomic E-state index is -4.68. The van der Waals surface area contributed by atoms with Gasteiger partial charge in [0.25, 0.3) is 0 Å². The summed E-state index contributed by atoms with van der Waals surface area (Å²) < 4.78 is 45.5. The average Bonchev–Trinajstić information content (AvgIpc) is 2.26. The summed E-state index contributed by atoms with van der Waals surface area (Å²) in [6.07, 6.45) is -3.05. The van der Waals surface area contributed by atoms with E-state index >= 15 is 0 Å². The van der Waals surface area contributed by atoms with Crippen molar-refractivity contribution in [2.45, 2.75) is 26.1 Å². The van der Waals surface area contributed by atoms with Gasteiger partial charge in [0.1, 0.15) is 11.5 Å². The lowest BCUT2D eigenvalue weighted by atomic mass is 10.1. The first-order valence-corrected chi connectivity index (χ1v) is 6.66. The maximum absolute atomic E-state index is 12.1. The van der Waals surface area contributed by atoms with Crippen molar-refractivity contribution >= 4 is 15.9 Å². The molecule has 0 atom stereocenters. The van der Waals surface area contributed by atoms with E-state index in [0.717, 1.165) is 23.7 Å². The van der Waals surface area contributed by atoms with Crippen molar-refractivity contribution in [3.05, 3.63) is 23.8 Å². The topological polar surface area (TPSA) is 18.5 Å². The third-order valence-electron chi connectivity index (χ3n) is 2.15. The maximum Gasteiger partial charge on any atom is 0.573 e. The number of hydrogen-bond acceptors (Lipinski definition) is 2. The number of aryl methyl sites for hydroxylation is 1. The van der Waals surface area contributed by atoms with Gasteiger partial charge in [0.2, 0.25) is 0 Å². The minimum absolute atomic E-state index is 0.256. The lowest BCUT2D eigenvalue weighted by molar-refractivity contribution is -0.274. The quantitative estimate of drug-likeness (QED) is 0.725. The Kier molecular flexibility index (Phi) is 5.78. The standard InChI is InChI=1S/C12H14BrF3O2/c1-2-17-11-8-10(18-12(14,15)16)6-5-9(11)4-3-7-13/h5-6,8H,2-4,7H2,1H3. The summed E-state index contributed by atoms with van der Waals surface area (Å²) in [6, 6.07) is 4.19. The smallest absolute Gasteiger partial charge is 0.493 e. The van der Waals surface area contributed by atoms with Crippen molar-refractivity contribution in [2.75, 3.05) is 11.9 Å². The van der Waals surface area contributed by atoms with Gasteiger partial charge in [-0.1, -0.05) is 22.0 Å². The van der Waals surface area contributed by atoms with Crippen LogP contribution >= 0.6 is 15.9 Å². The normalized spacial score (nSPS) is 11.4. The van der Waals surface area contributed by atoms with Crippen LogP contribution in [-0.2, 0) is 6.42 Å². The Morgan fingerprint density at radius 2 is 2.00 bits per heavy atom. The Balaban J connectivity index is 2.88. The molecule has 0 unspecified atom stereocenters. The highest BCUT2D eigenvalue weighted by atomic mass is 79.9. The van der Waals surface area contributed by atoms with Crippen LogP contribution in [0.2, 0.25) is 0 Å². The van der Waals surface area contributed by atoms with Crippen LogP contribution in [0.3, 0.4) is 0 Å². The fraction of sp³-hybridized carbons (Fsp3) is 0.500. The van der Waals surface area contributed by atoms with Gasteiger partial charge in [-0.15, -0.1) is 13.2 Å². The zero-order valence-corrected chi connectivity index (χ0v) is 11.5.